The van der Waals surface area contributed by atoms with Crippen molar-refractivity contribution in [1.29, 1.82) is 0 Å². The maximum Gasteiger partial charge on any atom is 0.329 e. The Bertz CT molecular complexity index is 1300. The molecule has 1 aliphatic rings. The van der Waals surface area contributed by atoms with Crippen LogP contribution in [0, 0.1) is 6.92 Å². The van der Waals surface area contributed by atoms with Gasteiger partial charge in [0, 0.05) is 33.7 Å². The zero-order valence-corrected chi connectivity index (χ0v) is 20.1. The summed E-state index contributed by atoms with van der Waals surface area (Å²) in [5.74, 6) is -1.10. The van der Waals surface area contributed by atoms with E-state index in [9.17, 15) is 14.4 Å². The van der Waals surface area contributed by atoms with E-state index in [-0.39, 0.29) is 11.5 Å². The quantitative estimate of drug-likeness (QED) is 0.336. The molecule has 0 radical (unpaired) electrons. The lowest BCUT2D eigenvalue weighted by molar-refractivity contribution is -0.150. The fourth-order valence-electron chi connectivity index (χ4n) is 3.95. The number of hydrogen-bond donors (Lipinski definition) is 0. The number of imide groups is 1. The van der Waals surface area contributed by atoms with E-state index in [2.05, 4.69) is 4.57 Å². The lowest BCUT2D eigenvalue weighted by Crippen LogP contribution is -2.42. The number of hydrogen-bond acceptors (Lipinski definition) is 5. The van der Waals surface area contributed by atoms with E-state index in [1.165, 1.54) is 6.92 Å². The van der Waals surface area contributed by atoms with Crippen LogP contribution in [-0.2, 0) is 20.9 Å². The first kappa shape index (κ1) is 23.1. The molecule has 4 rings (SSSR count). The van der Waals surface area contributed by atoms with Gasteiger partial charge < -0.3 is 9.30 Å². The number of para-hydroxylation sites is 1. The molecule has 6 nitrogen and oxygen atoms in total. The number of amides is 2. The second kappa shape index (κ2) is 9.45. The number of benzene rings is 2. The Morgan fingerprint density at radius 2 is 1.85 bits per heavy atom. The first-order valence-electron chi connectivity index (χ1n) is 10.6. The Morgan fingerprint density at radius 3 is 2.58 bits per heavy atom. The standard InChI is InChI=1S/C25H23ClN2O4S/c1-4-32-24(30)16(3)28-23(29)22(33-25(28)31)13-19-15(2)27(21-12-8-6-10-18(19)21)14-17-9-5-7-11-20(17)26/h5-13,16H,4,14H2,1-3H3/b22-13+/t16-/m0/s1. The molecule has 0 aliphatic carbocycles. The van der Waals surface area contributed by atoms with Gasteiger partial charge in [0.2, 0.25) is 0 Å². The van der Waals surface area contributed by atoms with Gasteiger partial charge in [-0.25, -0.2) is 4.79 Å². The molecule has 1 aliphatic heterocycles. The van der Waals surface area contributed by atoms with Crippen LogP contribution in [0.2, 0.25) is 5.02 Å². The van der Waals surface area contributed by atoms with Gasteiger partial charge in [-0.15, -0.1) is 0 Å². The molecule has 8 heteroatoms. The monoisotopic (exact) mass is 482 g/mol. The molecule has 0 N–H and O–H groups in total. The number of thioether (sulfide) groups is 1. The summed E-state index contributed by atoms with van der Waals surface area (Å²) in [6, 6.07) is 14.6. The molecule has 2 aromatic carbocycles. The van der Waals surface area contributed by atoms with Crippen LogP contribution in [0.5, 0.6) is 0 Å². The summed E-state index contributed by atoms with van der Waals surface area (Å²) in [4.78, 5) is 39.0. The van der Waals surface area contributed by atoms with Gasteiger partial charge in [-0.3, -0.25) is 14.5 Å². The number of halogens is 1. The fraction of sp³-hybridized carbons (Fsp3) is 0.240. The average Bonchev–Trinajstić information content (AvgIpc) is 3.22. The number of ether oxygens (including phenoxy) is 1. The molecule has 0 saturated carbocycles. The van der Waals surface area contributed by atoms with Crippen LogP contribution >= 0.6 is 23.4 Å². The van der Waals surface area contributed by atoms with Gasteiger partial charge in [0.05, 0.1) is 11.5 Å². The highest BCUT2D eigenvalue weighted by Gasteiger charge is 2.41. The van der Waals surface area contributed by atoms with Crippen molar-refractivity contribution < 1.29 is 19.1 Å². The Labute approximate surface area is 201 Å². The van der Waals surface area contributed by atoms with E-state index in [0.29, 0.717) is 11.6 Å². The zero-order valence-electron chi connectivity index (χ0n) is 18.5. The average molecular weight is 483 g/mol. The van der Waals surface area contributed by atoms with E-state index < -0.39 is 23.2 Å². The third-order valence-electron chi connectivity index (χ3n) is 5.68. The topological polar surface area (TPSA) is 68.6 Å². The molecule has 170 valence electrons. The number of carbonyl (C=O) groups is 3. The van der Waals surface area contributed by atoms with E-state index in [4.69, 9.17) is 16.3 Å². The van der Waals surface area contributed by atoms with Crippen LogP contribution < -0.4 is 0 Å². The van der Waals surface area contributed by atoms with Crippen LogP contribution in [0.15, 0.2) is 53.4 Å². The lowest BCUT2D eigenvalue weighted by Gasteiger charge is -2.19. The van der Waals surface area contributed by atoms with E-state index in [1.54, 1.807) is 13.0 Å². The number of esters is 1. The first-order valence-corrected chi connectivity index (χ1v) is 11.8. The van der Waals surface area contributed by atoms with Crippen LogP contribution in [0.3, 0.4) is 0 Å². The summed E-state index contributed by atoms with van der Waals surface area (Å²) in [5.41, 5.74) is 3.78. The van der Waals surface area contributed by atoms with Crippen molar-refractivity contribution >= 4 is 57.5 Å². The molecule has 2 amide bonds. The summed E-state index contributed by atoms with van der Waals surface area (Å²) in [6.07, 6.45) is 1.74. The van der Waals surface area contributed by atoms with Crippen LogP contribution in [0.1, 0.15) is 30.7 Å². The van der Waals surface area contributed by atoms with Crippen molar-refractivity contribution in [2.45, 2.75) is 33.4 Å². The Hall–Kier alpha value is -3.03. The van der Waals surface area contributed by atoms with E-state index in [1.807, 2.05) is 55.5 Å². The number of carbonyl (C=O) groups excluding carboxylic acids is 3. The highest BCUT2D eigenvalue weighted by atomic mass is 35.5. The number of fused-ring (bicyclic) bond motifs is 1. The number of rotatable bonds is 6. The first-order chi connectivity index (χ1) is 15.8. The molecule has 1 fully saturated rings. The van der Waals surface area contributed by atoms with Gasteiger partial charge in [0.25, 0.3) is 11.1 Å². The maximum atomic E-state index is 13.0. The second-order valence-corrected chi connectivity index (χ2v) is 9.07. The highest BCUT2D eigenvalue weighted by molar-refractivity contribution is 8.18. The van der Waals surface area contributed by atoms with Crippen molar-refractivity contribution in [2.24, 2.45) is 0 Å². The SMILES string of the molecule is CCOC(=O)[C@H](C)N1C(=O)S/C(=C/c2c(C)n(Cc3ccccc3Cl)c3ccccc23)C1=O. The predicted octanol–water partition coefficient (Wildman–Crippen LogP) is 5.64. The zero-order chi connectivity index (χ0) is 23.7. The van der Waals surface area contributed by atoms with Crippen LogP contribution in [0.25, 0.3) is 17.0 Å². The van der Waals surface area contributed by atoms with Gasteiger partial charge in [-0.1, -0.05) is 48.0 Å². The molecule has 0 bridgehead atoms. The van der Waals surface area contributed by atoms with E-state index >= 15 is 0 Å². The smallest absolute Gasteiger partial charge is 0.329 e. The summed E-state index contributed by atoms with van der Waals surface area (Å²) >= 11 is 7.23. The van der Waals surface area contributed by atoms with Crippen molar-refractivity contribution in [3.05, 3.63) is 75.3 Å². The Balaban J connectivity index is 1.74. The van der Waals surface area contributed by atoms with Gasteiger partial charge in [0.1, 0.15) is 6.04 Å². The molecule has 1 aromatic heterocycles. The molecule has 3 aromatic rings. The van der Waals surface area contributed by atoms with Gasteiger partial charge in [0.15, 0.2) is 0 Å². The minimum atomic E-state index is -0.981. The predicted molar refractivity (Wildman–Crippen MR) is 131 cm³/mol. The van der Waals surface area contributed by atoms with Gasteiger partial charge >= 0.3 is 5.97 Å². The lowest BCUT2D eigenvalue weighted by atomic mass is 10.1. The minimum Gasteiger partial charge on any atom is -0.464 e. The molecule has 2 heterocycles. The molecular weight excluding hydrogens is 460 g/mol. The van der Waals surface area contributed by atoms with Crippen LogP contribution in [-0.4, -0.2) is 39.2 Å². The third-order valence-corrected chi connectivity index (χ3v) is 6.93. The van der Waals surface area contributed by atoms with E-state index in [0.717, 1.165) is 44.4 Å². The summed E-state index contributed by atoms with van der Waals surface area (Å²) in [7, 11) is 0. The summed E-state index contributed by atoms with van der Waals surface area (Å²) in [5, 5.41) is 1.17. The summed E-state index contributed by atoms with van der Waals surface area (Å²) in [6.45, 7) is 5.91. The van der Waals surface area contributed by atoms with Crippen molar-refractivity contribution in [3.8, 4) is 0 Å². The highest BCUT2D eigenvalue weighted by Crippen LogP contribution is 2.37. The van der Waals surface area contributed by atoms with Crippen molar-refractivity contribution in [1.82, 2.24) is 9.47 Å². The largest absolute Gasteiger partial charge is 0.464 e. The molecule has 1 atom stereocenters. The number of nitrogens with zero attached hydrogens (tertiary/aromatic N) is 2. The van der Waals surface area contributed by atoms with Gasteiger partial charge in [-0.05, 0) is 56.3 Å². The normalized spacial score (nSPS) is 16.1. The van der Waals surface area contributed by atoms with Crippen LogP contribution in [0.4, 0.5) is 4.79 Å². The Morgan fingerprint density at radius 1 is 1.15 bits per heavy atom. The number of aromatic nitrogens is 1. The molecule has 33 heavy (non-hydrogen) atoms. The van der Waals surface area contributed by atoms with Crippen molar-refractivity contribution in [2.75, 3.05) is 6.61 Å². The molecule has 1 saturated heterocycles. The fourth-order valence-corrected chi connectivity index (χ4v) is 5.04. The molecular formula is C25H23ClN2O4S. The van der Waals surface area contributed by atoms with Crippen molar-refractivity contribution in [3.63, 3.8) is 0 Å². The molecule has 0 unspecified atom stereocenters. The van der Waals surface area contributed by atoms with Gasteiger partial charge in [-0.2, -0.15) is 0 Å². The summed E-state index contributed by atoms with van der Waals surface area (Å²) < 4.78 is 7.13. The Kier molecular flexibility index (Phi) is 6.63. The second-order valence-electron chi connectivity index (χ2n) is 7.67. The molecule has 0 spiro atoms. The maximum absolute atomic E-state index is 13.0. The minimum absolute atomic E-state index is 0.180. The third kappa shape index (κ3) is 4.30.